The number of hydrogen-bond acceptors (Lipinski definition) is 2. The van der Waals surface area contributed by atoms with Crippen molar-refractivity contribution in [2.45, 2.75) is 62.7 Å². The second-order valence-corrected chi connectivity index (χ2v) is 8.93. The number of benzene rings is 1. The lowest BCUT2D eigenvalue weighted by Crippen LogP contribution is -2.37. The molecule has 0 bridgehead atoms. The minimum absolute atomic E-state index is 0.460. The van der Waals surface area contributed by atoms with Crippen LogP contribution in [0, 0.1) is 5.92 Å². The fraction of sp³-hybridized carbons (Fsp3) is 0.667. The fourth-order valence-electron chi connectivity index (χ4n) is 3.72. The molecule has 0 amide bonds. The molecule has 3 nitrogen and oxygen atoms in total. The van der Waals surface area contributed by atoms with Gasteiger partial charge in [-0.1, -0.05) is 38.3 Å². The highest BCUT2D eigenvalue weighted by atomic mass is 32.2. The van der Waals surface area contributed by atoms with Crippen LogP contribution in [0.3, 0.4) is 0 Å². The van der Waals surface area contributed by atoms with Gasteiger partial charge in [-0.25, -0.2) is 8.42 Å². The Morgan fingerprint density at radius 1 is 0.909 bits per heavy atom. The molecule has 1 saturated carbocycles. The van der Waals surface area contributed by atoms with Crippen LogP contribution in [0.4, 0.5) is 0 Å². The average Bonchev–Trinajstić information content (AvgIpc) is 2.56. The summed E-state index contributed by atoms with van der Waals surface area (Å²) in [5, 5.41) is 0. The third kappa shape index (κ3) is 3.38. The van der Waals surface area contributed by atoms with Crippen molar-refractivity contribution in [2.75, 3.05) is 13.1 Å². The summed E-state index contributed by atoms with van der Waals surface area (Å²) in [5.41, 5.74) is 1.31. The van der Waals surface area contributed by atoms with Crippen LogP contribution in [0.1, 0.15) is 63.4 Å². The topological polar surface area (TPSA) is 37.4 Å². The van der Waals surface area contributed by atoms with Crippen molar-refractivity contribution in [1.29, 1.82) is 0 Å². The Bertz CT molecular complexity index is 580. The van der Waals surface area contributed by atoms with E-state index in [0.717, 1.165) is 12.8 Å². The molecule has 1 aromatic carbocycles. The summed E-state index contributed by atoms with van der Waals surface area (Å²) in [6.45, 7) is 3.52. The molecule has 2 aliphatic rings. The van der Waals surface area contributed by atoms with Crippen LogP contribution in [0.2, 0.25) is 0 Å². The zero-order valence-electron chi connectivity index (χ0n) is 13.5. The summed E-state index contributed by atoms with van der Waals surface area (Å²) in [6.07, 6.45) is 8.38. The standard InChI is InChI=1S/C18H27NO2S/c1-15-11-13-19(14-12-15)22(20,21)18-9-7-17(8-10-18)16-5-3-2-4-6-16/h7-10,15-16H,2-6,11-14H2,1H3. The van der Waals surface area contributed by atoms with Crippen molar-refractivity contribution < 1.29 is 8.42 Å². The lowest BCUT2D eigenvalue weighted by atomic mass is 9.84. The molecule has 0 N–H and O–H groups in total. The van der Waals surface area contributed by atoms with Gasteiger partial charge in [-0.2, -0.15) is 4.31 Å². The molecule has 0 spiro atoms. The van der Waals surface area contributed by atoms with E-state index >= 15 is 0 Å². The number of sulfonamides is 1. The Labute approximate surface area is 134 Å². The van der Waals surface area contributed by atoms with Crippen LogP contribution in [0.25, 0.3) is 0 Å². The van der Waals surface area contributed by atoms with Crippen molar-refractivity contribution in [3.05, 3.63) is 29.8 Å². The molecule has 0 unspecified atom stereocenters. The summed E-state index contributed by atoms with van der Waals surface area (Å²) >= 11 is 0. The summed E-state index contributed by atoms with van der Waals surface area (Å²) in [7, 11) is -3.30. The normalized spacial score (nSPS) is 22.8. The van der Waals surface area contributed by atoms with Crippen LogP contribution >= 0.6 is 0 Å². The van der Waals surface area contributed by atoms with Crippen molar-refractivity contribution >= 4 is 10.0 Å². The molecule has 122 valence electrons. The van der Waals surface area contributed by atoms with Gasteiger partial charge in [0.05, 0.1) is 4.90 Å². The second-order valence-electron chi connectivity index (χ2n) is 6.99. The number of rotatable bonds is 3. The zero-order valence-corrected chi connectivity index (χ0v) is 14.3. The first-order valence-electron chi connectivity index (χ1n) is 8.67. The molecule has 22 heavy (non-hydrogen) atoms. The van der Waals surface area contributed by atoms with Crippen molar-refractivity contribution in [2.24, 2.45) is 5.92 Å². The summed E-state index contributed by atoms with van der Waals surface area (Å²) in [4.78, 5) is 0.460. The van der Waals surface area contributed by atoms with Gasteiger partial charge >= 0.3 is 0 Å². The first-order valence-corrected chi connectivity index (χ1v) is 10.1. The molecule has 2 fully saturated rings. The lowest BCUT2D eigenvalue weighted by molar-refractivity contribution is 0.288. The zero-order chi connectivity index (χ0) is 15.6. The van der Waals surface area contributed by atoms with E-state index < -0.39 is 10.0 Å². The van der Waals surface area contributed by atoms with Gasteiger partial charge in [0.25, 0.3) is 0 Å². The Hall–Kier alpha value is -0.870. The van der Waals surface area contributed by atoms with E-state index in [9.17, 15) is 8.42 Å². The van der Waals surface area contributed by atoms with Gasteiger partial charge in [-0.05, 0) is 55.2 Å². The monoisotopic (exact) mass is 321 g/mol. The molecule has 1 saturated heterocycles. The predicted octanol–water partition coefficient (Wildman–Crippen LogP) is 4.15. The Kier molecular flexibility index (Phi) is 4.88. The minimum atomic E-state index is -3.30. The average molecular weight is 321 g/mol. The Balaban J connectivity index is 1.74. The fourth-order valence-corrected chi connectivity index (χ4v) is 5.19. The highest BCUT2D eigenvalue weighted by Crippen LogP contribution is 2.33. The summed E-state index contributed by atoms with van der Waals surface area (Å²) in [6, 6.07) is 7.71. The SMILES string of the molecule is CC1CCN(S(=O)(=O)c2ccc(C3CCCCC3)cc2)CC1. The van der Waals surface area contributed by atoms with Crippen LogP contribution < -0.4 is 0 Å². The maximum atomic E-state index is 12.7. The van der Waals surface area contributed by atoms with Crippen LogP contribution in [0.15, 0.2) is 29.2 Å². The molecule has 0 aromatic heterocycles. The largest absolute Gasteiger partial charge is 0.243 e. The predicted molar refractivity (Wildman–Crippen MR) is 89.4 cm³/mol. The lowest BCUT2D eigenvalue weighted by Gasteiger charge is -2.29. The van der Waals surface area contributed by atoms with Gasteiger partial charge < -0.3 is 0 Å². The maximum Gasteiger partial charge on any atom is 0.243 e. The van der Waals surface area contributed by atoms with Gasteiger partial charge in [0.2, 0.25) is 10.0 Å². The molecular formula is C18H27NO2S. The molecule has 1 aromatic rings. The van der Waals surface area contributed by atoms with Gasteiger partial charge in [-0.15, -0.1) is 0 Å². The molecule has 0 atom stereocenters. The molecule has 0 radical (unpaired) electrons. The van der Waals surface area contributed by atoms with E-state index in [0.29, 0.717) is 29.8 Å². The first-order chi connectivity index (χ1) is 10.6. The molecule has 1 aliphatic carbocycles. The third-order valence-corrected chi connectivity index (χ3v) is 7.25. The molecule has 3 rings (SSSR count). The smallest absolute Gasteiger partial charge is 0.207 e. The first kappa shape index (κ1) is 16.0. The molecule has 1 heterocycles. The Morgan fingerprint density at radius 2 is 1.50 bits per heavy atom. The number of piperidine rings is 1. The Morgan fingerprint density at radius 3 is 2.09 bits per heavy atom. The van der Waals surface area contributed by atoms with Crippen molar-refractivity contribution in [1.82, 2.24) is 4.31 Å². The number of hydrogen-bond donors (Lipinski definition) is 0. The molecule has 4 heteroatoms. The third-order valence-electron chi connectivity index (χ3n) is 5.34. The van der Waals surface area contributed by atoms with E-state index in [2.05, 4.69) is 6.92 Å². The molecule has 1 aliphatic heterocycles. The van der Waals surface area contributed by atoms with Gasteiger partial charge in [0.1, 0.15) is 0 Å². The van der Waals surface area contributed by atoms with E-state index in [1.807, 2.05) is 24.3 Å². The van der Waals surface area contributed by atoms with E-state index in [-0.39, 0.29) is 0 Å². The van der Waals surface area contributed by atoms with Gasteiger partial charge in [0, 0.05) is 13.1 Å². The summed E-state index contributed by atoms with van der Waals surface area (Å²) < 4.78 is 27.1. The van der Waals surface area contributed by atoms with E-state index in [1.54, 1.807) is 4.31 Å². The molecular weight excluding hydrogens is 294 g/mol. The second kappa shape index (κ2) is 6.71. The summed E-state index contributed by atoms with van der Waals surface area (Å²) in [5.74, 6) is 1.27. The van der Waals surface area contributed by atoms with Crippen LogP contribution in [-0.4, -0.2) is 25.8 Å². The van der Waals surface area contributed by atoms with E-state index in [4.69, 9.17) is 0 Å². The maximum absolute atomic E-state index is 12.7. The van der Waals surface area contributed by atoms with Crippen molar-refractivity contribution in [3.63, 3.8) is 0 Å². The quantitative estimate of drug-likeness (QED) is 0.838. The van der Waals surface area contributed by atoms with Gasteiger partial charge in [-0.3, -0.25) is 0 Å². The van der Waals surface area contributed by atoms with Gasteiger partial charge in [0.15, 0.2) is 0 Å². The van der Waals surface area contributed by atoms with Crippen molar-refractivity contribution in [3.8, 4) is 0 Å². The minimum Gasteiger partial charge on any atom is -0.207 e. The van der Waals surface area contributed by atoms with Crippen LogP contribution in [-0.2, 0) is 10.0 Å². The number of nitrogens with zero attached hydrogens (tertiary/aromatic N) is 1. The van der Waals surface area contributed by atoms with E-state index in [1.165, 1.54) is 37.7 Å². The highest BCUT2D eigenvalue weighted by Gasteiger charge is 2.28. The highest BCUT2D eigenvalue weighted by molar-refractivity contribution is 7.89. The van der Waals surface area contributed by atoms with Crippen LogP contribution in [0.5, 0.6) is 0 Å².